The van der Waals surface area contributed by atoms with Crippen LogP contribution >= 0.6 is 15.9 Å². The lowest BCUT2D eigenvalue weighted by Gasteiger charge is -2.29. The lowest BCUT2D eigenvalue weighted by Crippen LogP contribution is -2.51. The Labute approximate surface area is 200 Å². The van der Waals surface area contributed by atoms with E-state index < -0.39 is 12.1 Å². The van der Waals surface area contributed by atoms with Crippen LogP contribution in [0.3, 0.4) is 0 Å². The molecule has 0 bridgehead atoms. The highest BCUT2D eigenvalue weighted by Crippen LogP contribution is 2.58. The molecular weight excluding hydrogens is 484 g/mol. The number of likely N-dealkylation sites (tertiary alicyclic amines) is 1. The third-order valence-corrected chi connectivity index (χ3v) is 7.48. The van der Waals surface area contributed by atoms with E-state index in [0.717, 1.165) is 51.6 Å². The van der Waals surface area contributed by atoms with Gasteiger partial charge in [0.05, 0.1) is 17.9 Å². The van der Waals surface area contributed by atoms with E-state index in [1.54, 1.807) is 0 Å². The Morgan fingerprint density at radius 2 is 1.94 bits per heavy atom. The number of aromatic amines is 1. The Kier molecular flexibility index (Phi) is 5.43. The molecule has 2 fully saturated rings. The first-order chi connectivity index (χ1) is 15.7. The van der Waals surface area contributed by atoms with Crippen LogP contribution in [0.5, 0.6) is 0 Å². The van der Waals surface area contributed by atoms with Crippen LogP contribution in [0.15, 0.2) is 47.1 Å². The summed E-state index contributed by atoms with van der Waals surface area (Å²) in [5, 5.41) is 14.0. The number of nitrogens with one attached hydrogen (secondary N) is 2. The molecule has 1 saturated heterocycles. The van der Waals surface area contributed by atoms with Crippen molar-refractivity contribution in [2.45, 2.75) is 45.2 Å². The van der Waals surface area contributed by atoms with Crippen LogP contribution in [0, 0.1) is 11.3 Å². The third kappa shape index (κ3) is 4.24. The van der Waals surface area contributed by atoms with E-state index in [9.17, 15) is 14.7 Å². The molecule has 5 rings (SSSR count). The van der Waals surface area contributed by atoms with Gasteiger partial charge in [-0.3, -0.25) is 4.79 Å². The van der Waals surface area contributed by atoms with Gasteiger partial charge in [-0.05, 0) is 59.6 Å². The molecule has 2 aromatic carbocycles. The second-order valence-corrected chi connectivity index (χ2v) is 10.7. The van der Waals surface area contributed by atoms with E-state index in [4.69, 9.17) is 0 Å². The highest BCUT2D eigenvalue weighted by Gasteiger charge is 2.55. The molecule has 33 heavy (non-hydrogen) atoms. The minimum Gasteiger partial charge on any atom is -0.465 e. The predicted molar refractivity (Wildman–Crippen MR) is 130 cm³/mol. The van der Waals surface area contributed by atoms with Gasteiger partial charge >= 0.3 is 6.09 Å². The molecular formula is C25H27BrN4O3. The standard InChI is InChI=1S/C25H27BrN4O3/c1-14(2)21(29-24(32)33)23(31)30-13-25(7-8-25)11-20(30)22-27-12-19(28-22)17-4-3-16-10-18(26)6-5-15(16)9-17/h3-6,9-10,12,14,20-21,29H,7-8,11,13H2,1-2H3,(H,27,28)(H,32,33). The van der Waals surface area contributed by atoms with Gasteiger partial charge in [0.2, 0.25) is 5.91 Å². The van der Waals surface area contributed by atoms with Gasteiger partial charge in [-0.2, -0.15) is 0 Å². The summed E-state index contributed by atoms with van der Waals surface area (Å²) in [5.41, 5.74) is 2.09. The fraction of sp³-hybridized carbons (Fsp3) is 0.400. The van der Waals surface area contributed by atoms with E-state index >= 15 is 0 Å². The van der Waals surface area contributed by atoms with Crippen molar-refractivity contribution in [1.82, 2.24) is 20.2 Å². The van der Waals surface area contributed by atoms with E-state index in [1.807, 2.05) is 31.0 Å². The highest BCUT2D eigenvalue weighted by molar-refractivity contribution is 9.10. The lowest BCUT2D eigenvalue weighted by molar-refractivity contribution is -0.135. The van der Waals surface area contributed by atoms with Crippen LogP contribution in [0.1, 0.15) is 45.0 Å². The second kappa shape index (κ2) is 8.17. The van der Waals surface area contributed by atoms with Crippen molar-refractivity contribution >= 4 is 38.7 Å². The van der Waals surface area contributed by atoms with Crippen molar-refractivity contribution in [3.8, 4) is 11.3 Å². The number of carbonyl (C=O) groups is 2. The Hall–Kier alpha value is -2.87. The number of amides is 2. The quantitative estimate of drug-likeness (QED) is 0.431. The average molecular weight is 511 g/mol. The largest absolute Gasteiger partial charge is 0.465 e. The number of aromatic nitrogens is 2. The minimum absolute atomic E-state index is 0.144. The molecule has 0 radical (unpaired) electrons. The summed E-state index contributed by atoms with van der Waals surface area (Å²) in [6.07, 6.45) is 3.70. The average Bonchev–Trinajstić information content (AvgIpc) is 3.18. The van der Waals surface area contributed by atoms with Crippen molar-refractivity contribution in [2.75, 3.05) is 6.54 Å². The molecule has 2 atom stereocenters. The number of fused-ring (bicyclic) bond motifs is 1. The van der Waals surface area contributed by atoms with Gasteiger partial charge in [0.25, 0.3) is 0 Å². The van der Waals surface area contributed by atoms with Crippen molar-refractivity contribution in [3.05, 3.63) is 52.9 Å². The summed E-state index contributed by atoms with van der Waals surface area (Å²) in [7, 11) is 0. The molecule has 2 aliphatic rings. The number of nitrogens with zero attached hydrogens (tertiary/aromatic N) is 2. The topological polar surface area (TPSA) is 98.3 Å². The normalized spacial score (nSPS) is 19.9. The molecule has 2 unspecified atom stereocenters. The number of carbonyl (C=O) groups excluding carboxylic acids is 1. The zero-order chi connectivity index (χ0) is 23.3. The molecule has 7 nitrogen and oxygen atoms in total. The van der Waals surface area contributed by atoms with Gasteiger partial charge in [-0.1, -0.05) is 48.0 Å². The molecule has 1 aliphatic heterocycles. The summed E-state index contributed by atoms with van der Waals surface area (Å²) >= 11 is 3.51. The van der Waals surface area contributed by atoms with Crippen molar-refractivity contribution in [1.29, 1.82) is 0 Å². The maximum Gasteiger partial charge on any atom is 0.405 e. The first-order valence-corrected chi connectivity index (χ1v) is 12.1. The number of hydrogen-bond donors (Lipinski definition) is 3. The van der Waals surface area contributed by atoms with Crippen LogP contribution in [0.25, 0.3) is 22.0 Å². The minimum atomic E-state index is -1.18. The summed E-state index contributed by atoms with van der Waals surface area (Å²) < 4.78 is 1.05. The van der Waals surface area contributed by atoms with Gasteiger partial charge in [0.15, 0.2) is 0 Å². The molecule has 172 valence electrons. The number of benzene rings is 2. The predicted octanol–water partition coefficient (Wildman–Crippen LogP) is 5.34. The summed E-state index contributed by atoms with van der Waals surface area (Å²) in [6, 6.07) is 11.5. The van der Waals surface area contributed by atoms with Crippen LogP contribution in [0.4, 0.5) is 4.79 Å². The molecule has 1 spiro atoms. The van der Waals surface area contributed by atoms with Crippen LogP contribution in [-0.4, -0.2) is 44.6 Å². The van der Waals surface area contributed by atoms with Gasteiger partial charge in [0, 0.05) is 16.6 Å². The van der Waals surface area contributed by atoms with Gasteiger partial charge < -0.3 is 20.3 Å². The van der Waals surface area contributed by atoms with Crippen LogP contribution in [-0.2, 0) is 4.79 Å². The number of rotatable bonds is 5. The van der Waals surface area contributed by atoms with Crippen molar-refractivity contribution < 1.29 is 14.7 Å². The maximum absolute atomic E-state index is 13.4. The number of H-pyrrole nitrogens is 1. The van der Waals surface area contributed by atoms with Crippen molar-refractivity contribution in [2.24, 2.45) is 11.3 Å². The Bertz CT molecular complexity index is 1230. The first kappa shape index (κ1) is 21.9. The summed E-state index contributed by atoms with van der Waals surface area (Å²) in [6.45, 7) is 4.38. The van der Waals surface area contributed by atoms with E-state index in [2.05, 4.69) is 61.5 Å². The molecule has 1 aromatic heterocycles. The number of imidazole rings is 1. The molecule has 1 saturated carbocycles. The SMILES string of the molecule is CC(C)C(NC(=O)O)C(=O)N1CC2(CC2)CC1c1ncc(-c2ccc3cc(Br)ccc3c2)[nH]1. The molecule has 2 heterocycles. The zero-order valence-electron chi connectivity index (χ0n) is 18.6. The third-order valence-electron chi connectivity index (χ3n) is 6.98. The number of hydrogen-bond acceptors (Lipinski definition) is 3. The fourth-order valence-corrected chi connectivity index (χ4v) is 5.31. The van der Waals surface area contributed by atoms with Gasteiger partial charge in [-0.25, -0.2) is 9.78 Å². The van der Waals surface area contributed by atoms with Crippen LogP contribution < -0.4 is 5.32 Å². The van der Waals surface area contributed by atoms with Crippen LogP contribution in [0.2, 0.25) is 0 Å². The molecule has 1 aliphatic carbocycles. The smallest absolute Gasteiger partial charge is 0.405 e. The lowest BCUT2D eigenvalue weighted by atomic mass is 10.0. The van der Waals surface area contributed by atoms with E-state index in [0.29, 0.717) is 6.54 Å². The fourth-order valence-electron chi connectivity index (χ4n) is 4.93. The first-order valence-electron chi connectivity index (χ1n) is 11.3. The Morgan fingerprint density at radius 3 is 2.64 bits per heavy atom. The van der Waals surface area contributed by atoms with E-state index in [-0.39, 0.29) is 23.3 Å². The summed E-state index contributed by atoms with van der Waals surface area (Å²) in [4.78, 5) is 34.7. The molecule has 3 aromatic rings. The molecule has 8 heteroatoms. The van der Waals surface area contributed by atoms with Gasteiger partial charge in [0.1, 0.15) is 11.9 Å². The Morgan fingerprint density at radius 1 is 1.21 bits per heavy atom. The van der Waals surface area contributed by atoms with Gasteiger partial charge in [-0.15, -0.1) is 0 Å². The van der Waals surface area contributed by atoms with E-state index in [1.165, 1.54) is 0 Å². The second-order valence-electron chi connectivity index (χ2n) is 9.75. The number of carboxylic acid groups (broad SMARTS) is 1. The maximum atomic E-state index is 13.4. The summed E-state index contributed by atoms with van der Waals surface area (Å²) in [5.74, 6) is 0.445. The Balaban J connectivity index is 1.44. The monoisotopic (exact) mass is 510 g/mol. The zero-order valence-corrected chi connectivity index (χ0v) is 20.2. The number of halogens is 1. The van der Waals surface area contributed by atoms with Crippen molar-refractivity contribution in [3.63, 3.8) is 0 Å². The molecule has 3 N–H and O–H groups in total. The molecule has 2 amide bonds. The highest BCUT2D eigenvalue weighted by atomic mass is 79.9.